The SMILES string of the molecule is CC(C)CC(C(=O)[OH2+])c1cc(Cc2cc(F)cc(F)c2)cc(-c2ccc(C(F)(F)F)cc2)c1. The van der Waals surface area contributed by atoms with Crippen molar-refractivity contribution in [1.82, 2.24) is 0 Å². The Morgan fingerprint density at radius 1 is 0.848 bits per heavy atom. The molecular formula is C26H24F5O2+. The highest BCUT2D eigenvalue weighted by Crippen LogP contribution is 2.34. The molecule has 33 heavy (non-hydrogen) atoms. The van der Waals surface area contributed by atoms with Gasteiger partial charge in [0.2, 0.25) is 0 Å². The largest absolute Gasteiger partial charge is 0.564 e. The summed E-state index contributed by atoms with van der Waals surface area (Å²) < 4.78 is 66.2. The first kappa shape index (κ1) is 24.4. The van der Waals surface area contributed by atoms with Gasteiger partial charge in [-0.1, -0.05) is 44.2 Å². The van der Waals surface area contributed by atoms with Crippen molar-refractivity contribution in [1.29, 1.82) is 0 Å². The molecule has 0 aliphatic carbocycles. The van der Waals surface area contributed by atoms with Crippen molar-refractivity contribution >= 4 is 5.97 Å². The van der Waals surface area contributed by atoms with E-state index in [1.165, 1.54) is 24.3 Å². The van der Waals surface area contributed by atoms with E-state index in [-0.39, 0.29) is 12.3 Å². The van der Waals surface area contributed by atoms with Crippen molar-refractivity contribution in [2.45, 2.75) is 38.8 Å². The summed E-state index contributed by atoms with van der Waals surface area (Å²) in [5.41, 5.74) is 1.83. The molecule has 0 aliphatic heterocycles. The Kier molecular flexibility index (Phi) is 7.20. The highest BCUT2D eigenvalue weighted by molar-refractivity contribution is 5.77. The van der Waals surface area contributed by atoms with Crippen molar-refractivity contribution in [3.63, 3.8) is 0 Å². The Labute approximate surface area is 188 Å². The zero-order valence-corrected chi connectivity index (χ0v) is 18.1. The van der Waals surface area contributed by atoms with E-state index in [0.29, 0.717) is 34.2 Å². The molecule has 1 unspecified atom stereocenters. The third-order valence-corrected chi connectivity index (χ3v) is 5.32. The molecule has 0 fully saturated rings. The Balaban J connectivity index is 2.09. The van der Waals surface area contributed by atoms with Crippen LogP contribution in [0, 0.1) is 17.6 Å². The van der Waals surface area contributed by atoms with Crippen LogP contribution in [0.2, 0.25) is 0 Å². The van der Waals surface area contributed by atoms with Gasteiger partial charge in [0.15, 0.2) is 0 Å². The van der Waals surface area contributed by atoms with Crippen LogP contribution in [0.4, 0.5) is 22.0 Å². The van der Waals surface area contributed by atoms with E-state index in [2.05, 4.69) is 0 Å². The standard InChI is InChI=1S/C26H23F5O2/c1-15(2)7-24(25(32)33)20-10-16(8-17-11-22(27)14-23(28)12-17)9-19(13-20)18-3-5-21(6-4-18)26(29,30)31/h3-6,9-15,24H,7-8H2,1-2H3,(H,32,33)/p+1. The van der Waals surface area contributed by atoms with Crippen molar-refractivity contribution in [3.8, 4) is 11.1 Å². The van der Waals surface area contributed by atoms with Crippen LogP contribution in [0.25, 0.3) is 11.1 Å². The molecule has 1 atom stereocenters. The molecule has 0 heterocycles. The highest BCUT2D eigenvalue weighted by Gasteiger charge is 2.31. The molecule has 2 N–H and O–H groups in total. The summed E-state index contributed by atoms with van der Waals surface area (Å²) in [6.07, 6.45) is -3.89. The topological polar surface area (TPSA) is 40.0 Å². The Hall–Kier alpha value is -3.22. The van der Waals surface area contributed by atoms with Crippen LogP contribution in [-0.2, 0) is 17.4 Å². The van der Waals surface area contributed by atoms with Crippen LogP contribution in [-0.4, -0.2) is 11.1 Å². The zero-order valence-electron chi connectivity index (χ0n) is 18.1. The maximum Gasteiger partial charge on any atom is 0.523 e. The molecule has 0 spiro atoms. The van der Waals surface area contributed by atoms with Crippen LogP contribution in [0.1, 0.15) is 48.4 Å². The number of alkyl halides is 3. The van der Waals surface area contributed by atoms with Crippen molar-refractivity contribution in [2.75, 3.05) is 0 Å². The minimum atomic E-state index is -4.47. The first-order chi connectivity index (χ1) is 15.4. The van der Waals surface area contributed by atoms with E-state index < -0.39 is 35.3 Å². The summed E-state index contributed by atoms with van der Waals surface area (Å²) >= 11 is 0. The molecule has 2 nitrogen and oxygen atoms in total. The van der Waals surface area contributed by atoms with Gasteiger partial charge in [-0.25, -0.2) is 8.78 Å². The van der Waals surface area contributed by atoms with Crippen molar-refractivity contribution in [3.05, 3.63) is 94.6 Å². The molecule has 174 valence electrons. The average Bonchev–Trinajstić information content (AvgIpc) is 2.70. The summed E-state index contributed by atoms with van der Waals surface area (Å²) in [6.45, 7) is 3.85. The van der Waals surface area contributed by atoms with Crippen LogP contribution >= 0.6 is 0 Å². The summed E-state index contributed by atoms with van der Waals surface area (Å²) in [5.74, 6) is -2.80. The fourth-order valence-electron chi connectivity index (χ4n) is 3.85. The molecule has 0 saturated carbocycles. The van der Waals surface area contributed by atoms with Gasteiger partial charge in [-0.2, -0.15) is 13.2 Å². The Bertz CT molecular complexity index is 1110. The lowest BCUT2D eigenvalue weighted by Gasteiger charge is -2.16. The Morgan fingerprint density at radius 2 is 1.42 bits per heavy atom. The third kappa shape index (κ3) is 6.40. The number of hydrogen-bond acceptors (Lipinski definition) is 1. The number of carbonyl (C=O) groups is 1. The summed E-state index contributed by atoms with van der Waals surface area (Å²) in [7, 11) is 0. The van der Waals surface area contributed by atoms with Gasteiger partial charge in [0.25, 0.3) is 0 Å². The van der Waals surface area contributed by atoms with Gasteiger partial charge in [0.05, 0.1) is 5.56 Å². The molecule has 0 radical (unpaired) electrons. The molecular weight excluding hydrogens is 439 g/mol. The normalized spacial score (nSPS) is 12.7. The molecule has 0 amide bonds. The van der Waals surface area contributed by atoms with Gasteiger partial charge < -0.3 is 5.11 Å². The number of carbonyl (C=O) groups excluding carboxylic acids is 1. The predicted molar refractivity (Wildman–Crippen MR) is 117 cm³/mol. The minimum Gasteiger partial charge on any atom is -0.564 e. The maximum absolute atomic E-state index is 13.7. The lowest BCUT2D eigenvalue weighted by atomic mass is 9.86. The van der Waals surface area contributed by atoms with Crippen LogP contribution < -0.4 is 0 Å². The second kappa shape index (κ2) is 9.73. The van der Waals surface area contributed by atoms with Crippen molar-refractivity contribution in [2.24, 2.45) is 5.92 Å². The molecule has 0 bridgehead atoms. The average molecular weight is 463 g/mol. The second-order valence-electron chi connectivity index (χ2n) is 8.54. The van der Waals surface area contributed by atoms with Crippen LogP contribution in [0.3, 0.4) is 0 Å². The molecule has 0 aliphatic rings. The molecule has 3 rings (SSSR count). The van der Waals surface area contributed by atoms with E-state index in [0.717, 1.165) is 18.2 Å². The molecule has 0 aromatic heterocycles. The van der Waals surface area contributed by atoms with E-state index in [4.69, 9.17) is 5.11 Å². The fraction of sp³-hybridized carbons (Fsp3) is 0.269. The molecule has 0 saturated heterocycles. The first-order valence-electron chi connectivity index (χ1n) is 10.4. The predicted octanol–water partition coefficient (Wildman–Crippen LogP) is 6.62. The second-order valence-corrected chi connectivity index (χ2v) is 8.54. The summed E-state index contributed by atoms with van der Waals surface area (Å²) in [5, 5.41) is 7.72. The molecule has 3 aromatic carbocycles. The van der Waals surface area contributed by atoms with Gasteiger partial charge >= 0.3 is 12.1 Å². The van der Waals surface area contributed by atoms with Gasteiger partial charge in [-0.3, -0.25) is 0 Å². The lowest BCUT2D eigenvalue weighted by molar-refractivity contribution is -0.139. The minimum absolute atomic E-state index is 0.125. The van der Waals surface area contributed by atoms with Gasteiger partial charge in [-0.05, 0) is 70.8 Å². The highest BCUT2D eigenvalue weighted by atomic mass is 19.4. The number of hydrogen-bond donors (Lipinski definition) is 0. The number of halogens is 5. The van der Waals surface area contributed by atoms with Crippen molar-refractivity contribution < 1.29 is 31.9 Å². The van der Waals surface area contributed by atoms with E-state index in [1.807, 2.05) is 13.8 Å². The van der Waals surface area contributed by atoms with Gasteiger partial charge in [-0.15, -0.1) is 0 Å². The summed E-state index contributed by atoms with van der Waals surface area (Å²) in [6, 6.07) is 12.9. The van der Waals surface area contributed by atoms with E-state index >= 15 is 0 Å². The Morgan fingerprint density at radius 3 is 1.94 bits per heavy atom. The summed E-state index contributed by atoms with van der Waals surface area (Å²) in [4.78, 5) is 12.1. The van der Waals surface area contributed by atoms with Gasteiger partial charge in [0.1, 0.15) is 17.6 Å². The monoisotopic (exact) mass is 463 g/mol. The molecule has 3 aromatic rings. The third-order valence-electron chi connectivity index (χ3n) is 5.32. The molecule has 7 heteroatoms. The number of rotatable bonds is 7. The quantitative estimate of drug-likeness (QED) is 0.287. The van der Waals surface area contributed by atoms with E-state index in [1.54, 1.807) is 18.2 Å². The number of benzene rings is 3. The van der Waals surface area contributed by atoms with Crippen LogP contribution in [0.5, 0.6) is 0 Å². The van der Waals surface area contributed by atoms with E-state index in [9.17, 15) is 26.7 Å². The van der Waals surface area contributed by atoms with Crippen LogP contribution in [0.15, 0.2) is 60.7 Å². The fourth-order valence-corrected chi connectivity index (χ4v) is 3.85. The lowest BCUT2D eigenvalue weighted by Crippen LogP contribution is -2.14. The van der Waals surface area contributed by atoms with Gasteiger partial charge in [0, 0.05) is 10.9 Å². The zero-order chi connectivity index (χ0) is 24.3. The first-order valence-corrected chi connectivity index (χ1v) is 10.4. The smallest absolute Gasteiger partial charge is 0.523 e. The maximum atomic E-state index is 13.7.